The van der Waals surface area contributed by atoms with Gasteiger partial charge in [0.2, 0.25) is 5.91 Å². The van der Waals surface area contributed by atoms with Crippen LogP contribution in [-0.4, -0.2) is 47.7 Å². The molecule has 1 rings (SSSR count). The van der Waals surface area contributed by atoms with E-state index < -0.39 is 11.5 Å². The summed E-state index contributed by atoms with van der Waals surface area (Å²) in [4.78, 5) is 22.5. The molecule has 0 aromatic heterocycles. The van der Waals surface area contributed by atoms with Crippen LogP contribution >= 0.6 is 0 Å². The van der Waals surface area contributed by atoms with Crippen LogP contribution in [0.15, 0.2) is 0 Å². The first-order valence-corrected chi connectivity index (χ1v) is 5.85. The van der Waals surface area contributed by atoms with Crippen LogP contribution in [0, 0.1) is 0 Å². The van der Waals surface area contributed by atoms with Crippen molar-refractivity contribution in [2.75, 3.05) is 13.1 Å². The number of rotatable bonds is 6. The highest BCUT2D eigenvalue weighted by molar-refractivity contribution is 5.81. The van der Waals surface area contributed by atoms with Crippen molar-refractivity contribution < 1.29 is 14.7 Å². The number of carboxylic acid groups (broad SMARTS) is 1. The Bertz CT molecular complexity index is 300. The van der Waals surface area contributed by atoms with Crippen molar-refractivity contribution in [3.05, 3.63) is 0 Å². The Kier molecular flexibility index (Phi) is 4.47. The molecule has 0 radical (unpaired) electrons. The Labute approximate surface area is 101 Å². The fourth-order valence-corrected chi connectivity index (χ4v) is 1.93. The molecule has 0 aliphatic carbocycles. The van der Waals surface area contributed by atoms with Crippen LogP contribution in [0.3, 0.4) is 0 Å². The smallest absolute Gasteiger partial charge is 0.305 e. The molecule has 4 N–H and O–H groups in total. The van der Waals surface area contributed by atoms with E-state index >= 15 is 0 Å². The van der Waals surface area contributed by atoms with Gasteiger partial charge >= 0.3 is 5.97 Å². The SMILES string of the molecule is CC(C)NC(=O)C(C)NC1(CC(=O)O)CNC1. The molecular weight excluding hydrogens is 222 g/mol. The molecule has 0 bridgehead atoms. The van der Waals surface area contributed by atoms with Crippen LogP contribution in [0.2, 0.25) is 0 Å². The van der Waals surface area contributed by atoms with Crippen LogP contribution in [0.1, 0.15) is 27.2 Å². The molecule has 0 saturated carbocycles. The van der Waals surface area contributed by atoms with E-state index in [1.807, 2.05) is 13.8 Å². The standard InChI is InChI=1S/C11H21N3O3/c1-7(2)13-10(17)8(3)14-11(4-9(15)16)5-12-6-11/h7-8,12,14H,4-6H2,1-3H3,(H,13,17)(H,15,16). The largest absolute Gasteiger partial charge is 0.481 e. The number of nitrogens with one attached hydrogen (secondary N) is 3. The number of hydrogen-bond acceptors (Lipinski definition) is 4. The average Bonchev–Trinajstić information content (AvgIpc) is 2.12. The third-order valence-corrected chi connectivity index (χ3v) is 2.76. The Morgan fingerprint density at radius 3 is 2.29 bits per heavy atom. The number of hydrogen-bond donors (Lipinski definition) is 4. The molecule has 1 heterocycles. The van der Waals surface area contributed by atoms with Crippen molar-refractivity contribution in [3.8, 4) is 0 Å². The molecule has 17 heavy (non-hydrogen) atoms. The normalized spacial score (nSPS) is 19.5. The molecule has 1 amide bonds. The van der Waals surface area contributed by atoms with Gasteiger partial charge in [0, 0.05) is 19.1 Å². The molecule has 0 aromatic rings. The Morgan fingerprint density at radius 2 is 1.94 bits per heavy atom. The fraction of sp³-hybridized carbons (Fsp3) is 0.818. The van der Waals surface area contributed by atoms with E-state index in [0.717, 1.165) is 0 Å². The zero-order chi connectivity index (χ0) is 13.1. The second kappa shape index (κ2) is 5.46. The van der Waals surface area contributed by atoms with E-state index in [0.29, 0.717) is 13.1 Å². The van der Waals surface area contributed by atoms with Crippen molar-refractivity contribution in [3.63, 3.8) is 0 Å². The summed E-state index contributed by atoms with van der Waals surface area (Å²) in [5, 5.41) is 17.8. The molecule has 1 fully saturated rings. The van der Waals surface area contributed by atoms with Crippen LogP contribution in [-0.2, 0) is 9.59 Å². The van der Waals surface area contributed by atoms with Crippen LogP contribution in [0.25, 0.3) is 0 Å². The maximum atomic E-state index is 11.7. The third kappa shape index (κ3) is 3.98. The van der Waals surface area contributed by atoms with Gasteiger partial charge in [-0.15, -0.1) is 0 Å². The van der Waals surface area contributed by atoms with Crippen LogP contribution in [0.4, 0.5) is 0 Å². The van der Waals surface area contributed by atoms with E-state index in [4.69, 9.17) is 5.11 Å². The predicted octanol–water partition coefficient (Wildman–Crippen LogP) is -0.694. The number of carbonyl (C=O) groups excluding carboxylic acids is 1. The fourth-order valence-electron chi connectivity index (χ4n) is 1.93. The molecule has 1 aliphatic heterocycles. The summed E-state index contributed by atoms with van der Waals surface area (Å²) in [5.41, 5.74) is -0.487. The monoisotopic (exact) mass is 243 g/mol. The number of carbonyl (C=O) groups is 2. The predicted molar refractivity (Wildman–Crippen MR) is 63.7 cm³/mol. The lowest BCUT2D eigenvalue weighted by Crippen LogP contribution is -2.71. The first-order valence-electron chi connectivity index (χ1n) is 5.85. The van der Waals surface area contributed by atoms with Gasteiger partial charge in [-0.3, -0.25) is 14.9 Å². The minimum atomic E-state index is -0.851. The zero-order valence-electron chi connectivity index (χ0n) is 10.5. The summed E-state index contributed by atoms with van der Waals surface area (Å²) >= 11 is 0. The summed E-state index contributed by atoms with van der Waals surface area (Å²) in [6, 6.07) is -0.305. The van der Waals surface area contributed by atoms with Gasteiger partial charge in [0.1, 0.15) is 0 Å². The number of carboxylic acids is 1. The maximum Gasteiger partial charge on any atom is 0.305 e. The lowest BCUT2D eigenvalue weighted by Gasteiger charge is -2.44. The zero-order valence-corrected chi connectivity index (χ0v) is 10.5. The van der Waals surface area contributed by atoms with Gasteiger partial charge in [0.25, 0.3) is 0 Å². The summed E-state index contributed by atoms with van der Waals surface area (Å²) in [6.07, 6.45) is 0.0271. The first-order chi connectivity index (χ1) is 7.84. The van der Waals surface area contributed by atoms with Gasteiger partial charge in [-0.1, -0.05) is 0 Å². The second-order valence-corrected chi connectivity index (χ2v) is 4.98. The molecule has 1 saturated heterocycles. The molecule has 1 atom stereocenters. The highest BCUT2D eigenvalue weighted by Gasteiger charge is 2.40. The van der Waals surface area contributed by atoms with Crippen molar-refractivity contribution >= 4 is 11.9 Å². The summed E-state index contributed by atoms with van der Waals surface area (Å²) < 4.78 is 0. The maximum absolute atomic E-state index is 11.7. The lowest BCUT2D eigenvalue weighted by atomic mass is 9.87. The summed E-state index contributed by atoms with van der Waals surface area (Å²) in [5.74, 6) is -0.952. The molecule has 0 spiro atoms. The van der Waals surface area contributed by atoms with Crippen molar-refractivity contribution in [2.24, 2.45) is 0 Å². The third-order valence-electron chi connectivity index (χ3n) is 2.76. The van der Waals surface area contributed by atoms with Gasteiger partial charge in [-0.2, -0.15) is 0 Å². The Morgan fingerprint density at radius 1 is 1.35 bits per heavy atom. The van der Waals surface area contributed by atoms with Crippen LogP contribution < -0.4 is 16.0 Å². The molecule has 1 aliphatic rings. The van der Waals surface area contributed by atoms with Crippen molar-refractivity contribution in [2.45, 2.75) is 44.8 Å². The molecule has 1 unspecified atom stereocenters. The highest BCUT2D eigenvalue weighted by Crippen LogP contribution is 2.16. The van der Waals surface area contributed by atoms with Gasteiger partial charge in [-0.05, 0) is 20.8 Å². The van der Waals surface area contributed by atoms with Gasteiger partial charge in [0.05, 0.1) is 18.0 Å². The topological polar surface area (TPSA) is 90.5 Å². The second-order valence-electron chi connectivity index (χ2n) is 4.98. The van der Waals surface area contributed by atoms with E-state index in [1.54, 1.807) is 6.92 Å². The van der Waals surface area contributed by atoms with Crippen LogP contribution in [0.5, 0.6) is 0 Å². The van der Waals surface area contributed by atoms with Crippen molar-refractivity contribution in [1.82, 2.24) is 16.0 Å². The molecule has 0 aromatic carbocycles. The van der Waals surface area contributed by atoms with E-state index in [-0.39, 0.29) is 24.4 Å². The first kappa shape index (κ1) is 13.9. The Balaban J connectivity index is 2.50. The van der Waals surface area contributed by atoms with Gasteiger partial charge in [-0.25, -0.2) is 0 Å². The minimum absolute atomic E-state index is 0.0271. The highest BCUT2D eigenvalue weighted by atomic mass is 16.4. The average molecular weight is 243 g/mol. The number of amides is 1. The molecule has 6 heteroatoms. The quantitative estimate of drug-likeness (QED) is 0.495. The van der Waals surface area contributed by atoms with Gasteiger partial charge in [0.15, 0.2) is 0 Å². The molecule has 98 valence electrons. The van der Waals surface area contributed by atoms with E-state index in [9.17, 15) is 9.59 Å². The van der Waals surface area contributed by atoms with E-state index in [2.05, 4.69) is 16.0 Å². The number of aliphatic carboxylic acids is 1. The Hall–Kier alpha value is -1.14. The van der Waals surface area contributed by atoms with Gasteiger partial charge < -0.3 is 15.7 Å². The van der Waals surface area contributed by atoms with E-state index in [1.165, 1.54) is 0 Å². The van der Waals surface area contributed by atoms with Crippen molar-refractivity contribution in [1.29, 1.82) is 0 Å². The summed E-state index contributed by atoms with van der Waals surface area (Å²) in [7, 11) is 0. The lowest BCUT2D eigenvalue weighted by molar-refractivity contribution is -0.140. The summed E-state index contributed by atoms with van der Waals surface area (Å²) in [6.45, 7) is 6.70. The molecule has 6 nitrogen and oxygen atoms in total. The minimum Gasteiger partial charge on any atom is -0.481 e. The molecular formula is C11H21N3O3.